The van der Waals surface area contributed by atoms with Crippen molar-refractivity contribution in [2.75, 3.05) is 10.6 Å². The lowest BCUT2D eigenvalue weighted by Crippen LogP contribution is -2.19. The van der Waals surface area contributed by atoms with Crippen LogP contribution in [0.3, 0.4) is 0 Å². The quantitative estimate of drug-likeness (QED) is 0.809. The number of hydrogen-bond acceptors (Lipinski definition) is 2. The second kappa shape index (κ2) is 6.36. The first-order valence-electron chi connectivity index (χ1n) is 5.80. The summed E-state index contributed by atoms with van der Waals surface area (Å²) in [6.45, 7) is 0.491. The molecule has 0 aliphatic carbocycles. The van der Waals surface area contributed by atoms with E-state index in [1.165, 1.54) is 0 Å². The monoisotopic (exact) mass is 319 g/mol. The van der Waals surface area contributed by atoms with E-state index in [0.29, 0.717) is 6.54 Å². The van der Waals surface area contributed by atoms with Gasteiger partial charge in [0.05, 0.1) is 0 Å². The summed E-state index contributed by atoms with van der Waals surface area (Å²) in [5.74, 6) is 0. The van der Waals surface area contributed by atoms with E-state index in [1.54, 1.807) is 0 Å². The maximum atomic E-state index is 11.8. The molecule has 4 N–H and O–H groups in total. The molecule has 0 aromatic heterocycles. The van der Waals surface area contributed by atoms with Crippen LogP contribution in [0, 0.1) is 0 Å². The van der Waals surface area contributed by atoms with E-state index in [4.69, 9.17) is 5.73 Å². The van der Waals surface area contributed by atoms with Crippen molar-refractivity contribution >= 4 is 33.3 Å². The van der Waals surface area contributed by atoms with E-state index in [2.05, 4.69) is 26.6 Å². The predicted octanol–water partition coefficient (Wildman–Crippen LogP) is 3.55. The average Bonchev–Trinajstić information content (AvgIpc) is 2.42. The first-order chi connectivity index (χ1) is 9.17. The van der Waals surface area contributed by atoms with Gasteiger partial charge in [0.25, 0.3) is 0 Å². The Morgan fingerprint density at radius 1 is 0.947 bits per heavy atom. The van der Waals surface area contributed by atoms with Gasteiger partial charge in [0.1, 0.15) is 0 Å². The molecule has 4 nitrogen and oxygen atoms in total. The molecule has 2 amide bonds. The lowest BCUT2D eigenvalue weighted by Gasteiger charge is -2.08. The van der Waals surface area contributed by atoms with Gasteiger partial charge in [-0.3, -0.25) is 0 Å². The Hall–Kier alpha value is -1.85. The van der Waals surface area contributed by atoms with E-state index in [1.807, 2.05) is 48.5 Å². The molecule has 0 aliphatic rings. The SMILES string of the molecule is NCc1ccc(NC(=O)Nc2ccc(Br)cc2)cc1. The van der Waals surface area contributed by atoms with Crippen LogP contribution in [0.2, 0.25) is 0 Å². The highest BCUT2D eigenvalue weighted by molar-refractivity contribution is 9.10. The number of rotatable bonds is 3. The summed E-state index contributed by atoms with van der Waals surface area (Å²) in [7, 11) is 0. The molecule has 0 fully saturated rings. The number of nitrogens with two attached hydrogens (primary N) is 1. The van der Waals surface area contributed by atoms with Crippen molar-refractivity contribution < 1.29 is 4.79 Å². The third-order valence-electron chi connectivity index (χ3n) is 2.55. The third-order valence-corrected chi connectivity index (χ3v) is 3.08. The smallest absolute Gasteiger partial charge is 0.323 e. The molecule has 5 heteroatoms. The van der Waals surface area contributed by atoms with Crippen molar-refractivity contribution in [3.05, 3.63) is 58.6 Å². The zero-order valence-corrected chi connectivity index (χ0v) is 11.8. The molecule has 0 radical (unpaired) electrons. The van der Waals surface area contributed by atoms with Crippen LogP contribution in [0.4, 0.5) is 16.2 Å². The minimum absolute atomic E-state index is 0.275. The first kappa shape index (κ1) is 13.6. The van der Waals surface area contributed by atoms with Gasteiger partial charge in [-0.2, -0.15) is 0 Å². The second-order valence-electron chi connectivity index (χ2n) is 3.99. The van der Waals surface area contributed by atoms with Gasteiger partial charge in [0, 0.05) is 22.4 Å². The Labute approximate surface area is 120 Å². The van der Waals surface area contributed by atoms with Crippen LogP contribution in [-0.2, 0) is 6.54 Å². The van der Waals surface area contributed by atoms with E-state index in [9.17, 15) is 4.79 Å². The van der Waals surface area contributed by atoms with Crippen LogP contribution in [0.25, 0.3) is 0 Å². The topological polar surface area (TPSA) is 67.1 Å². The van der Waals surface area contributed by atoms with Crippen molar-refractivity contribution in [3.63, 3.8) is 0 Å². The van der Waals surface area contributed by atoms with Crippen LogP contribution in [-0.4, -0.2) is 6.03 Å². The highest BCUT2D eigenvalue weighted by Gasteiger charge is 2.02. The summed E-state index contributed by atoms with van der Waals surface area (Å²) >= 11 is 3.34. The van der Waals surface area contributed by atoms with Crippen LogP contribution in [0.5, 0.6) is 0 Å². The van der Waals surface area contributed by atoms with Gasteiger partial charge in [-0.25, -0.2) is 4.79 Å². The second-order valence-corrected chi connectivity index (χ2v) is 4.90. The van der Waals surface area contributed by atoms with Gasteiger partial charge in [0.15, 0.2) is 0 Å². The standard InChI is InChI=1S/C14H14BrN3O/c15-11-3-7-13(8-4-11)18-14(19)17-12-5-1-10(9-16)2-6-12/h1-8H,9,16H2,(H2,17,18,19). The third kappa shape index (κ3) is 4.08. The van der Waals surface area contributed by atoms with Crippen LogP contribution in [0.1, 0.15) is 5.56 Å². The van der Waals surface area contributed by atoms with Crippen LogP contribution in [0.15, 0.2) is 53.0 Å². The van der Waals surface area contributed by atoms with Gasteiger partial charge in [-0.1, -0.05) is 28.1 Å². The zero-order chi connectivity index (χ0) is 13.7. The molecule has 0 heterocycles. The number of carbonyl (C=O) groups excluding carboxylic acids is 1. The normalized spacial score (nSPS) is 10.0. The Kier molecular flexibility index (Phi) is 4.54. The largest absolute Gasteiger partial charge is 0.326 e. The lowest BCUT2D eigenvalue weighted by atomic mass is 10.2. The summed E-state index contributed by atoms with van der Waals surface area (Å²) in [6, 6.07) is 14.5. The van der Waals surface area contributed by atoms with E-state index < -0.39 is 0 Å². The number of hydrogen-bond donors (Lipinski definition) is 3. The summed E-state index contributed by atoms with van der Waals surface area (Å²) in [5, 5.41) is 5.50. The number of benzene rings is 2. The molecule has 2 rings (SSSR count). The van der Waals surface area contributed by atoms with Gasteiger partial charge in [-0.05, 0) is 42.0 Å². The van der Waals surface area contributed by atoms with Gasteiger partial charge in [0.2, 0.25) is 0 Å². The molecule has 2 aromatic carbocycles. The molecular weight excluding hydrogens is 306 g/mol. The molecule has 0 saturated heterocycles. The molecule has 0 saturated carbocycles. The molecule has 0 atom stereocenters. The van der Waals surface area contributed by atoms with Crippen LogP contribution >= 0.6 is 15.9 Å². The highest BCUT2D eigenvalue weighted by Crippen LogP contribution is 2.15. The first-order valence-corrected chi connectivity index (χ1v) is 6.59. The maximum Gasteiger partial charge on any atom is 0.323 e. The summed E-state index contributed by atoms with van der Waals surface area (Å²) in [4.78, 5) is 11.8. The lowest BCUT2D eigenvalue weighted by molar-refractivity contribution is 0.262. The van der Waals surface area contributed by atoms with Crippen molar-refractivity contribution in [1.82, 2.24) is 0 Å². The predicted molar refractivity (Wildman–Crippen MR) is 81.1 cm³/mol. The Morgan fingerprint density at radius 3 is 1.89 bits per heavy atom. The number of amides is 2. The molecule has 2 aromatic rings. The molecule has 0 spiro atoms. The molecule has 98 valence electrons. The van der Waals surface area contributed by atoms with E-state index in [0.717, 1.165) is 21.4 Å². The number of urea groups is 1. The van der Waals surface area contributed by atoms with E-state index in [-0.39, 0.29) is 6.03 Å². The summed E-state index contributed by atoms with van der Waals surface area (Å²) in [6.07, 6.45) is 0. The Bertz CT molecular complexity index is 552. The number of nitrogens with one attached hydrogen (secondary N) is 2. The number of halogens is 1. The maximum absolute atomic E-state index is 11.8. The molecule has 0 unspecified atom stereocenters. The fourth-order valence-corrected chi connectivity index (χ4v) is 1.82. The van der Waals surface area contributed by atoms with Gasteiger partial charge in [-0.15, -0.1) is 0 Å². The average molecular weight is 320 g/mol. The highest BCUT2D eigenvalue weighted by atomic mass is 79.9. The number of anilines is 2. The minimum atomic E-state index is -0.275. The van der Waals surface area contributed by atoms with Crippen molar-refractivity contribution in [3.8, 4) is 0 Å². The Morgan fingerprint density at radius 2 is 1.42 bits per heavy atom. The number of carbonyl (C=O) groups is 1. The minimum Gasteiger partial charge on any atom is -0.326 e. The van der Waals surface area contributed by atoms with Crippen molar-refractivity contribution in [1.29, 1.82) is 0 Å². The molecule has 0 aliphatic heterocycles. The molecule has 19 heavy (non-hydrogen) atoms. The van der Waals surface area contributed by atoms with Crippen LogP contribution < -0.4 is 16.4 Å². The van der Waals surface area contributed by atoms with Crippen molar-refractivity contribution in [2.45, 2.75) is 6.54 Å². The van der Waals surface area contributed by atoms with Gasteiger partial charge < -0.3 is 16.4 Å². The van der Waals surface area contributed by atoms with E-state index >= 15 is 0 Å². The summed E-state index contributed by atoms with van der Waals surface area (Å²) < 4.78 is 0.968. The fourth-order valence-electron chi connectivity index (χ4n) is 1.55. The zero-order valence-electron chi connectivity index (χ0n) is 10.2. The summed E-state index contributed by atoms with van der Waals surface area (Å²) in [5.41, 5.74) is 8.00. The molecular formula is C14H14BrN3O. The van der Waals surface area contributed by atoms with Crippen molar-refractivity contribution in [2.24, 2.45) is 5.73 Å². The Balaban J connectivity index is 1.95. The van der Waals surface area contributed by atoms with Gasteiger partial charge >= 0.3 is 6.03 Å². The molecule has 0 bridgehead atoms. The fraction of sp³-hybridized carbons (Fsp3) is 0.0714.